The predicted molar refractivity (Wildman–Crippen MR) is 96.0 cm³/mol. The fraction of sp³-hybridized carbons (Fsp3) is 0.810. The van der Waals surface area contributed by atoms with E-state index in [9.17, 15) is 0 Å². The fourth-order valence-corrected chi connectivity index (χ4v) is 4.31. The van der Waals surface area contributed by atoms with E-state index >= 15 is 0 Å². The highest BCUT2D eigenvalue weighted by Gasteiger charge is 2.30. The first-order valence-corrected chi connectivity index (χ1v) is 9.72. The summed E-state index contributed by atoms with van der Waals surface area (Å²) in [5.74, 6) is 2.87. The highest BCUT2D eigenvalue weighted by Crippen LogP contribution is 2.40. The lowest BCUT2D eigenvalue weighted by molar-refractivity contribution is 0.00984. The maximum absolute atomic E-state index is 5.95. The standard InChI is InChI=1S/C21H36O/c1-3-5-7-8-18-9-11-19(12-10-18)20-13-15-21(16-14-20)22-17-6-4-2/h4,7-8,18-21H,2-3,5-6,9-17H2,1H3/b8-7+/t18-,19-,20-,21-. The smallest absolute Gasteiger partial charge is 0.0575 e. The molecule has 0 aromatic carbocycles. The van der Waals surface area contributed by atoms with Gasteiger partial charge in [-0.25, -0.2) is 0 Å². The highest BCUT2D eigenvalue weighted by molar-refractivity contribution is 4.92. The predicted octanol–water partition coefficient (Wildman–Crippen LogP) is 6.30. The molecular formula is C21H36O. The molecule has 0 unspecified atom stereocenters. The maximum atomic E-state index is 5.95. The van der Waals surface area contributed by atoms with E-state index in [1.54, 1.807) is 0 Å². The fourth-order valence-electron chi connectivity index (χ4n) is 4.31. The van der Waals surface area contributed by atoms with Crippen LogP contribution in [0.1, 0.15) is 77.6 Å². The van der Waals surface area contributed by atoms with Crippen LogP contribution < -0.4 is 0 Å². The van der Waals surface area contributed by atoms with Crippen LogP contribution in [0.25, 0.3) is 0 Å². The van der Waals surface area contributed by atoms with Crippen molar-refractivity contribution in [3.8, 4) is 0 Å². The molecule has 0 atom stereocenters. The molecule has 0 N–H and O–H groups in total. The minimum absolute atomic E-state index is 0.532. The molecule has 2 aliphatic rings. The van der Waals surface area contributed by atoms with Crippen LogP contribution in [0.2, 0.25) is 0 Å². The zero-order valence-corrected chi connectivity index (χ0v) is 14.6. The van der Waals surface area contributed by atoms with Crippen LogP contribution in [0.3, 0.4) is 0 Å². The number of hydrogen-bond acceptors (Lipinski definition) is 1. The molecule has 0 aromatic rings. The number of hydrogen-bond donors (Lipinski definition) is 0. The van der Waals surface area contributed by atoms with Crippen LogP contribution in [0, 0.1) is 17.8 Å². The molecule has 126 valence electrons. The minimum atomic E-state index is 0.532. The third-order valence-corrected chi connectivity index (χ3v) is 5.74. The molecule has 0 aliphatic heterocycles. The number of unbranched alkanes of at least 4 members (excludes halogenated alkanes) is 1. The second-order valence-electron chi connectivity index (χ2n) is 7.38. The monoisotopic (exact) mass is 304 g/mol. The van der Waals surface area contributed by atoms with Crippen molar-refractivity contribution in [1.82, 2.24) is 0 Å². The van der Waals surface area contributed by atoms with E-state index in [-0.39, 0.29) is 0 Å². The van der Waals surface area contributed by atoms with Gasteiger partial charge < -0.3 is 4.74 Å². The molecule has 2 rings (SSSR count). The average Bonchev–Trinajstić information content (AvgIpc) is 2.57. The van der Waals surface area contributed by atoms with Crippen LogP contribution >= 0.6 is 0 Å². The van der Waals surface area contributed by atoms with Crippen molar-refractivity contribution >= 4 is 0 Å². The Hall–Kier alpha value is -0.560. The van der Waals surface area contributed by atoms with Gasteiger partial charge in [0.2, 0.25) is 0 Å². The summed E-state index contributed by atoms with van der Waals surface area (Å²) in [4.78, 5) is 0. The summed E-state index contributed by atoms with van der Waals surface area (Å²) in [6.07, 6.45) is 22.1. The Morgan fingerprint density at radius 2 is 1.55 bits per heavy atom. The molecular weight excluding hydrogens is 268 g/mol. The van der Waals surface area contributed by atoms with Gasteiger partial charge in [-0.3, -0.25) is 0 Å². The molecule has 2 saturated carbocycles. The quantitative estimate of drug-likeness (QED) is 0.377. The summed E-state index contributed by atoms with van der Waals surface area (Å²) in [7, 11) is 0. The molecule has 1 nitrogen and oxygen atoms in total. The molecule has 0 heterocycles. The van der Waals surface area contributed by atoms with Gasteiger partial charge in [-0.1, -0.05) is 31.6 Å². The summed E-state index contributed by atoms with van der Waals surface area (Å²) in [5.41, 5.74) is 0. The van der Waals surface area contributed by atoms with Crippen LogP contribution in [0.15, 0.2) is 24.8 Å². The van der Waals surface area contributed by atoms with Crippen LogP contribution in [-0.4, -0.2) is 12.7 Å². The van der Waals surface area contributed by atoms with Gasteiger partial charge in [-0.2, -0.15) is 0 Å². The van der Waals surface area contributed by atoms with Crippen molar-refractivity contribution < 1.29 is 4.74 Å². The van der Waals surface area contributed by atoms with Crippen LogP contribution in [0.5, 0.6) is 0 Å². The lowest BCUT2D eigenvalue weighted by Gasteiger charge is -2.37. The Balaban J connectivity index is 1.63. The Bertz CT molecular complexity index is 317. The molecule has 0 amide bonds. The molecule has 0 bridgehead atoms. The van der Waals surface area contributed by atoms with Crippen LogP contribution in [0.4, 0.5) is 0 Å². The normalized spacial score (nSPS) is 33.1. The SMILES string of the molecule is C=CCCO[C@H]1CC[C@H]([C@H]2CC[C@H](/C=C/CCC)CC2)CC1. The highest BCUT2D eigenvalue weighted by atomic mass is 16.5. The van der Waals surface area contributed by atoms with Gasteiger partial charge in [-0.05, 0) is 82.0 Å². The zero-order valence-electron chi connectivity index (χ0n) is 14.6. The van der Waals surface area contributed by atoms with Crippen molar-refractivity contribution in [2.75, 3.05) is 6.61 Å². The molecule has 0 aromatic heterocycles. The minimum Gasteiger partial charge on any atom is -0.378 e. The van der Waals surface area contributed by atoms with Gasteiger partial charge in [0, 0.05) is 0 Å². The first-order chi connectivity index (χ1) is 10.8. The van der Waals surface area contributed by atoms with Gasteiger partial charge in [0.25, 0.3) is 0 Å². The molecule has 0 spiro atoms. The van der Waals surface area contributed by atoms with E-state index in [1.165, 1.54) is 64.2 Å². The lowest BCUT2D eigenvalue weighted by Crippen LogP contribution is -2.28. The van der Waals surface area contributed by atoms with E-state index < -0.39 is 0 Å². The largest absolute Gasteiger partial charge is 0.378 e. The van der Waals surface area contributed by atoms with E-state index in [2.05, 4.69) is 25.7 Å². The second kappa shape index (κ2) is 10.3. The van der Waals surface area contributed by atoms with Crippen molar-refractivity contribution in [2.45, 2.75) is 83.7 Å². The molecule has 0 saturated heterocycles. The van der Waals surface area contributed by atoms with Gasteiger partial charge in [-0.15, -0.1) is 6.58 Å². The van der Waals surface area contributed by atoms with E-state index in [0.29, 0.717) is 6.10 Å². The van der Waals surface area contributed by atoms with Gasteiger partial charge in [0.15, 0.2) is 0 Å². The number of allylic oxidation sites excluding steroid dienone is 2. The Kier molecular flexibility index (Phi) is 8.30. The summed E-state index contributed by atoms with van der Waals surface area (Å²) in [6.45, 7) is 6.89. The van der Waals surface area contributed by atoms with E-state index in [4.69, 9.17) is 4.74 Å². The lowest BCUT2D eigenvalue weighted by atomic mass is 9.70. The van der Waals surface area contributed by atoms with Crippen molar-refractivity contribution in [3.05, 3.63) is 24.8 Å². The third-order valence-electron chi connectivity index (χ3n) is 5.74. The zero-order chi connectivity index (χ0) is 15.6. The first-order valence-electron chi connectivity index (χ1n) is 9.72. The van der Waals surface area contributed by atoms with Crippen LogP contribution in [-0.2, 0) is 4.74 Å². The van der Waals surface area contributed by atoms with Crippen molar-refractivity contribution in [1.29, 1.82) is 0 Å². The number of rotatable bonds is 8. The Morgan fingerprint density at radius 3 is 2.14 bits per heavy atom. The first kappa shape index (κ1) is 17.8. The van der Waals surface area contributed by atoms with E-state index in [1.807, 2.05) is 6.08 Å². The second-order valence-corrected chi connectivity index (χ2v) is 7.38. The molecule has 22 heavy (non-hydrogen) atoms. The van der Waals surface area contributed by atoms with Gasteiger partial charge in [0.05, 0.1) is 12.7 Å². The molecule has 2 fully saturated rings. The number of ether oxygens (including phenoxy) is 1. The molecule has 0 radical (unpaired) electrons. The summed E-state index contributed by atoms with van der Waals surface area (Å²) < 4.78 is 5.95. The van der Waals surface area contributed by atoms with Crippen molar-refractivity contribution in [3.63, 3.8) is 0 Å². The van der Waals surface area contributed by atoms with E-state index in [0.717, 1.165) is 30.8 Å². The summed E-state index contributed by atoms with van der Waals surface area (Å²) in [6, 6.07) is 0. The van der Waals surface area contributed by atoms with Gasteiger partial charge in [0.1, 0.15) is 0 Å². The van der Waals surface area contributed by atoms with Crippen molar-refractivity contribution in [2.24, 2.45) is 17.8 Å². The Labute approximate surface area is 138 Å². The molecule has 1 heteroatoms. The van der Waals surface area contributed by atoms with Gasteiger partial charge >= 0.3 is 0 Å². The average molecular weight is 305 g/mol. The third kappa shape index (κ3) is 5.91. The Morgan fingerprint density at radius 1 is 0.909 bits per heavy atom. The summed E-state index contributed by atoms with van der Waals surface area (Å²) >= 11 is 0. The summed E-state index contributed by atoms with van der Waals surface area (Å²) in [5, 5.41) is 0. The molecule has 2 aliphatic carbocycles. The topological polar surface area (TPSA) is 9.23 Å². The maximum Gasteiger partial charge on any atom is 0.0575 e.